The van der Waals surface area contributed by atoms with Crippen molar-refractivity contribution in [2.75, 3.05) is 5.32 Å². The summed E-state index contributed by atoms with van der Waals surface area (Å²) in [5.41, 5.74) is 2.36. The molecule has 0 saturated heterocycles. The number of rotatable bonds is 4. The molecule has 0 spiro atoms. The van der Waals surface area contributed by atoms with Crippen LogP contribution in [-0.2, 0) is 4.79 Å². The molecule has 3 nitrogen and oxygen atoms in total. The lowest BCUT2D eigenvalue weighted by molar-refractivity contribution is -0.117. The second kappa shape index (κ2) is 6.35. The van der Waals surface area contributed by atoms with E-state index >= 15 is 0 Å². The highest BCUT2D eigenvalue weighted by atomic mass is 16.3. The topological polar surface area (TPSA) is 49.3 Å². The van der Waals surface area contributed by atoms with Crippen LogP contribution >= 0.6 is 0 Å². The van der Waals surface area contributed by atoms with Gasteiger partial charge >= 0.3 is 0 Å². The van der Waals surface area contributed by atoms with Gasteiger partial charge in [0.05, 0.1) is 12.0 Å². The fourth-order valence-corrected chi connectivity index (χ4v) is 2.11. The molecule has 2 aromatic rings. The molecule has 2 aromatic carbocycles. The second-order valence-corrected chi connectivity index (χ2v) is 4.88. The third-order valence-corrected chi connectivity index (χ3v) is 3.36. The molecule has 2 N–H and O–H groups in total. The lowest BCUT2D eigenvalue weighted by Crippen LogP contribution is -2.20. The number of hydrogen-bond acceptors (Lipinski definition) is 2. The van der Waals surface area contributed by atoms with Gasteiger partial charge in [-0.1, -0.05) is 48.5 Å². The predicted molar refractivity (Wildman–Crippen MR) is 80.6 cm³/mol. The predicted octanol–water partition coefficient (Wildman–Crippen LogP) is 3.48. The largest absolute Gasteiger partial charge is 0.389 e. The van der Waals surface area contributed by atoms with Gasteiger partial charge in [0.15, 0.2) is 0 Å². The Hall–Kier alpha value is -2.13. The second-order valence-electron chi connectivity index (χ2n) is 4.88. The maximum Gasteiger partial charge on any atom is 0.231 e. The van der Waals surface area contributed by atoms with E-state index < -0.39 is 6.10 Å². The number of para-hydroxylation sites is 1. The third-order valence-electron chi connectivity index (χ3n) is 3.36. The molecular formula is C17H19NO2. The van der Waals surface area contributed by atoms with Gasteiger partial charge in [0, 0.05) is 11.3 Å². The van der Waals surface area contributed by atoms with Crippen LogP contribution in [0.5, 0.6) is 0 Å². The minimum atomic E-state index is -0.612. The Morgan fingerprint density at radius 1 is 1.00 bits per heavy atom. The van der Waals surface area contributed by atoms with Crippen molar-refractivity contribution in [1.82, 2.24) is 0 Å². The summed E-state index contributed by atoms with van der Waals surface area (Å²) >= 11 is 0. The first-order chi connectivity index (χ1) is 9.59. The van der Waals surface area contributed by atoms with E-state index in [1.54, 1.807) is 13.0 Å². The Labute approximate surface area is 119 Å². The summed E-state index contributed by atoms with van der Waals surface area (Å²) in [7, 11) is 0. The van der Waals surface area contributed by atoms with Gasteiger partial charge in [0.25, 0.3) is 0 Å². The normalized spacial score (nSPS) is 13.6. The molecule has 0 radical (unpaired) electrons. The molecule has 0 saturated carbocycles. The number of aliphatic hydroxyl groups excluding tert-OH is 1. The smallest absolute Gasteiger partial charge is 0.231 e. The van der Waals surface area contributed by atoms with Gasteiger partial charge in [-0.3, -0.25) is 4.79 Å². The fraction of sp³-hybridized carbons (Fsp3) is 0.235. The van der Waals surface area contributed by atoms with E-state index in [1.807, 2.05) is 55.5 Å². The van der Waals surface area contributed by atoms with Crippen molar-refractivity contribution in [3.05, 3.63) is 65.7 Å². The highest BCUT2D eigenvalue weighted by molar-refractivity contribution is 5.96. The molecule has 0 bridgehead atoms. The molecule has 2 atom stereocenters. The number of carbonyl (C=O) groups excluding carboxylic acids is 1. The number of benzene rings is 2. The molecule has 104 valence electrons. The standard InChI is InChI=1S/C17H19NO2/c1-12(14-8-4-3-5-9-14)17(20)18-16-11-7-6-10-15(16)13(2)19/h3-13,19H,1-2H3,(H,18,20). The van der Waals surface area contributed by atoms with Crippen molar-refractivity contribution in [3.8, 4) is 0 Å². The van der Waals surface area contributed by atoms with Crippen molar-refractivity contribution in [2.24, 2.45) is 0 Å². The summed E-state index contributed by atoms with van der Waals surface area (Å²) in [6.07, 6.45) is -0.612. The van der Waals surface area contributed by atoms with Crippen molar-refractivity contribution < 1.29 is 9.90 Å². The molecular weight excluding hydrogens is 250 g/mol. The molecule has 3 heteroatoms. The molecule has 0 aromatic heterocycles. The maximum atomic E-state index is 12.3. The first-order valence-corrected chi connectivity index (χ1v) is 6.72. The van der Waals surface area contributed by atoms with Gasteiger partial charge < -0.3 is 10.4 Å². The molecule has 1 amide bonds. The zero-order valence-corrected chi connectivity index (χ0v) is 11.7. The van der Waals surface area contributed by atoms with E-state index in [-0.39, 0.29) is 11.8 Å². The van der Waals surface area contributed by atoms with Crippen LogP contribution in [0.15, 0.2) is 54.6 Å². The summed E-state index contributed by atoms with van der Waals surface area (Å²) in [4.78, 5) is 12.3. The van der Waals surface area contributed by atoms with Crippen LogP contribution < -0.4 is 5.32 Å². The molecule has 0 aliphatic heterocycles. The van der Waals surface area contributed by atoms with Crippen LogP contribution in [0.25, 0.3) is 0 Å². The molecule has 20 heavy (non-hydrogen) atoms. The van der Waals surface area contributed by atoms with Gasteiger partial charge in [0.1, 0.15) is 0 Å². The highest BCUT2D eigenvalue weighted by Gasteiger charge is 2.17. The van der Waals surface area contributed by atoms with Crippen LogP contribution in [0, 0.1) is 0 Å². The Kier molecular flexibility index (Phi) is 4.53. The third kappa shape index (κ3) is 3.25. The lowest BCUT2D eigenvalue weighted by Gasteiger charge is -2.16. The van der Waals surface area contributed by atoms with E-state index in [4.69, 9.17) is 0 Å². The van der Waals surface area contributed by atoms with Crippen molar-refractivity contribution in [3.63, 3.8) is 0 Å². The van der Waals surface area contributed by atoms with E-state index in [0.29, 0.717) is 5.69 Å². The average Bonchev–Trinajstić information content (AvgIpc) is 2.47. The summed E-state index contributed by atoms with van der Waals surface area (Å²) in [6, 6.07) is 16.9. The van der Waals surface area contributed by atoms with E-state index in [0.717, 1.165) is 11.1 Å². The Morgan fingerprint density at radius 2 is 1.60 bits per heavy atom. The van der Waals surface area contributed by atoms with Crippen molar-refractivity contribution in [2.45, 2.75) is 25.9 Å². The van der Waals surface area contributed by atoms with E-state index in [1.165, 1.54) is 0 Å². The quantitative estimate of drug-likeness (QED) is 0.892. The van der Waals surface area contributed by atoms with Crippen LogP contribution in [-0.4, -0.2) is 11.0 Å². The number of carbonyl (C=O) groups is 1. The highest BCUT2D eigenvalue weighted by Crippen LogP contribution is 2.24. The van der Waals surface area contributed by atoms with Gasteiger partial charge in [-0.2, -0.15) is 0 Å². The van der Waals surface area contributed by atoms with Crippen molar-refractivity contribution in [1.29, 1.82) is 0 Å². The molecule has 0 aliphatic carbocycles. The van der Waals surface area contributed by atoms with E-state index in [9.17, 15) is 9.90 Å². The van der Waals surface area contributed by atoms with Crippen molar-refractivity contribution >= 4 is 11.6 Å². The molecule has 2 rings (SSSR count). The Morgan fingerprint density at radius 3 is 2.25 bits per heavy atom. The summed E-state index contributed by atoms with van der Waals surface area (Å²) in [5, 5.41) is 12.6. The number of nitrogens with one attached hydrogen (secondary N) is 1. The number of amides is 1. The SMILES string of the molecule is CC(O)c1ccccc1NC(=O)C(C)c1ccccc1. The number of anilines is 1. The zero-order valence-electron chi connectivity index (χ0n) is 11.7. The zero-order chi connectivity index (χ0) is 14.5. The fourth-order valence-electron chi connectivity index (χ4n) is 2.11. The number of aliphatic hydroxyl groups is 1. The first-order valence-electron chi connectivity index (χ1n) is 6.72. The summed E-state index contributed by atoms with van der Waals surface area (Å²) in [6.45, 7) is 3.56. The molecule has 0 heterocycles. The average molecular weight is 269 g/mol. The minimum absolute atomic E-state index is 0.0794. The van der Waals surface area contributed by atoms with Crippen LogP contribution in [0.3, 0.4) is 0 Å². The molecule has 2 unspecified atom stereocenters. The maximum absolute atomic E-state index is 12.3. The van der Waals surface area contributed by atoms with Gasteiger partial charge in [-0.05, 0) is 25.5 Å². The summed E-state index contributed by atoms with van der Waals surface area (Å²) in [5.74, 6) is -0.317. The minimum Gasteiger partial charge on any atom is -0.389 e. The van der Waals surface area contributed by atoms with Crippen LogP contribution in [0.4, 0.5) is 5.69 Å². The first kappa shape index (κ1) is 14.3. The summed E-state index contributed by atoms with van der Waals surface area (Å²) < 4.78 is 0. The van der Waals surface area contributed by atoms with Gasteiger partial charge in [-0.15, -0.1) is 0 Å². The molecule has 0 fully saturated rings. The van der Waals surface area contributed by atoms with Gasteiger partial charge in [0.2, 0.25) is 5.91 Å². The Bertz CT molecular complexity index is 579. The van der Waals surface area contributed by atoms with E-state index in [2.05, 4.69) is 5.32 Å². The Balaban J connectivity index is 2.16. The number of hydrogen-bond donors (Lipinski definition) is 2. The monoisotopic (exact) mass is 269 g/mol. The van der Waals surface area contributed by atoms with Gasteiger partial charge in [-0.25, -0.2) is 0 Å². The molecule has 0 aliphatic rings. The van der Waals surface area contributed by atoms with Crippen LogP contribution in [0.1, 0.15) is 37.0 Å². The van der Waals surface area contributed by atoms with Crippen LogP contribution in [0.2, 0.25) is 0 Å². The lowest BCUT2D eigenvalue weighted by atomic mass is 10.00.